The fraction of sp³-hybridized carbons (Fsp3) is 0. The van der Waals surface area contributed by atoms with Gasteiger partial charge in [0, 0.05) is 0 Å². The summed E-state index contributed by atoms with van der Waals surface area (Å²) in [6, 6.07) is 21.3. The molecule has 0 aliphatic rings. The molecule has 0 saturated heterocycles. The SMILES string of the molecule is c1ccc([SiH]c2ccccc2)cc1. The Labute approximate surface area is 81.1 Å². The Morgan fingerprint density at radius 2 is 0.923 bits per heavy atom. The van der Waals surface area contributed by atoms with E-state index in [1.807, 2.05) is 0 Å². The third-order valence-electron chi connectivity index (χ3n) is 1.93. The van der Waals surface area contributed by atoms with E-state index in [2.05, 4.69) is 60.7 Å². The van der Waals surface area contributed by atoms with Gasteiger partial charge in [0.25, 0.3) is 0 Å². The highest BCUT2D eigenvalue weighted by Crippen LogP contribution is 1.84. The summed E-state index contributed by atoms with van der Waals surface area (Å²) in [5, 5.41) is 2.90. The van der Waals surface area contributed by atoms with Crippen molar-refractivity contribution in [2.45, 2.75) is 0 Å². The summed E-state index contributed by atoms with van der Waals surface area (Å²) in [5.74, 6) is 0. The van der Waals surface area contributed by atoms with Crippen LogP contribution in [0.25, 0.3) is 0 Å². The zero-order valence-electron chi connectivity index (χ0n) is 7.35. The van der Waals surface area contributed by atoms with E-state index in [1.165, 1.54) is 10.4 Å². The third-order valence-corrected chi connectivity index (χ3v) is 3.37. The van der Waals surface area contributed by atoms with Crippen molar-refractivity contribution in [3.8, 4) is 0 Å². The molecular formula is C12H11Si. The normalized spacial score (nSPS) is 9.85. The van der Waals surface area contributed by atoms with Crippen molar-refractivity contribution in [2.24, 2.45) is 0 Å². The predicted molar refractivity (Wildman–Crippen MR) is 59.3 cm³/mol. The van der Waals surface area contributed by atoms with E-state index < -0.39 is 0 Å². The van der Waals surface area contributed by atoms with Crippen molar-refractivity contribution in [3.63, 3.8) is 0 Å². The summed E-state index contributed by atoms with van der Waals surface area (Å²) in [7, 11) is 0.271. The van der Waals surface area contributed by atoms with Gasteiger partial charge in [-0.25, -0.2) is 0 Å². The van der Waals surface area contributed by atoms with Gasteiger partial charge in [0.05, 0.1) is 0 Å². The largest absolute Gasteiger partial charge is 0.103 e. The lowest BCUT2D eigenvalue weighted by molar-refractivity contribution is 1.75. The van der Waals surface area contributed by atoms with Gasteiger partial charge in [-0.1, -0.05) is 71.0 Å². The fourth-order valence-corrected chi connectivity index (χ4v) is 2.51. The van der Waals surface area contributed by atoms with Gasteiger partial charge in [-0.05, 0) is 0 Å². The van der Waals surface area contributed by atoms with Gasteiger partial charge in [-0.2, -0.15) is 0 Å². The van der Waals surface area contributed by atoms with E-state index in [0.29, 0.717) is 0 Å². The van der Waals surface area contributed by atoms with Crippen molar-refractivity contribution in [1.29, 1.82) is 0 Å². The molecule has 0 unspecified atom stereocenters. The first-order chi connectivity index (χ1) is 6.45. The first kappa shape index (κ1) is 8.26. The van der Waals surface area contributed by atoms with E-state index >= 15 is 0 Å². The van der Waals surface area contributed by atoms with Crippen LogP contribution in [-0.4, -0.2) is 9.52 Å². The minimum atomic E-state index is 0.271. The Morgan fingerprint density at radius 3 is 1.31 bits per heavy atom. The lowest BCUT2D eigenvalue weighted by Crippen LogP contribution is -2.26. The van der Waals surface area contributed by atoms with Gasteiger partial charge in [-0.15, -0.1) is 0 Å². The quantitative estimate of drug-likeness (QED) is 0.611. The van der Waals surface area contributed by atoms with Gasteiger partial charge < -0.3 is 0 Å². The fourth-order valence-electron chi connectivity index (χ4n) is 1.29. The zero-order valence-corrected chi connectivity index (χ0v) is 8.51. The molecule has 0 atom stereocenters. The van der Waals surface area contributed by atoms with Crippen LogP contribution in [-0.2, 0) is 0 Å². The van der Waals surface area contributed by atoms with Gasteiger partial charge >= 0.3 is 0 Å². The molecule has 0 bridgehead atoms. The Kier molecular flexibility index (Phi) is 2.58. The summed E-state index contributed by atoms with van der Waals surface area (Å²) in [6.45, 7) is 0. The van der Waals surface area contributed by atoms with Gasteiger partial charge in [0.2, 0.25) is 0 Å². The molecule has 0 amide bonds. The summed E-state index contributed by atoms with van der Waals surface area (Å²) >= 11 is 0. The molecule has 1 radical (unpaired) electrons. The highest BCUT2D eigenvalue weighted by atomic mass is 28.2. The summed E-state index contributed by atoms with van der Waals surface area (Å²) in [6.07, 6.45) is 0. The molecule has 0 aliphatic heterocycles. The Balaban J connectivity index is 2.16. The lowest BCUT2D eigenvalue weighted by atomic mass is 10.4. The van der Waals surface area contributed by atoms with Crippen molar-refractivity contribution < 1.29 is 0 Å². The van der Waals surface area contributed by atoms with Gasteiger partial charge in [0.1, 0.15) is 9.52 Å². The molecule has 0 saturated carbocycles. The van der Waals surface area contributed by atoms with Crippen LogP contribution in [0.15, 0.2) is 60.7 Å². The smallest absolute Gasteiger partial charge is 0.0632 e. The molecule has 63 valence electrons. The Bertz CT molecular complexity index is 316. The molecule has 1 heteroatoms. The van der Waals surface area contributed by atoms with Crippen LogP contribution in [0.1, 0.15) is 0 Å². The molecular weight excluding hydrogens is 172 g/mol. The molecule has 0 N–H and O–H groups in total. The molecule has 2 aromatic rings. The topological polar surface area (TPSA) is 0 Å². The summed E-state index contributed by atoms with van der Waals surface area (Å²) < 4.78 is 0. The zero-order chi connectivity index (χ0) is 8.93. The molecule has 0 fully saturated rings. The second-order valence-corrected chi connectivity index (χ2v) is 4.59. The Hall–Kier alpha value is -1.34. The number of benzene rings is 2. The van der Waals surface area contributed by atoms with E-state index in [4.69, 9.17) is 0 Å². The minimum Gasteiger partial charge on any atom is -0.0632 e. The van der Waals surface area contributed by atoms with Crippen LogP contribution in [0.5, 0.6) is 0 Å². The molecule has 13 heavy (non-hydrogen) atoms. The highest BCUT2D eigenvalue weighted by Gasteiger charge is 1.94. The van der Waals surface area contributed by atoms with E-state index in [0.717, 1.165) is 0 Å². The van der Waals surface area contributed by atoms with Gasteiger partial charge in [-0.3, -0.25) is 0 Å². The van der Waals surface area contributed by atoms with Crippen LogP contribution in [0.4, 0.5) is 0 Å². The molecule has 2 aromatic carbocycles. The second kappa shape index (κ2) is 4.05. The minimum absolute atomic E-state index is 0.271. The average Bonchev–Trinajstić information content (AvgIpc) is 2.21. The predicted octanol–water partition coefficient (Wildman–Crippen LogP) is 1.07. The molecule has 0 spiro atoms. The van der Waals surface area contributed by atoms with Crippen LogP contribution < -0.4 is 10.4 Å². The number of hydrogen-bond donors (Lipinski definition) is 0. The second-order valence-electron chi connectivity index (χ2n) is 2.97. The van der Waals surface area contributed by atoms with Crippen molar-refractivity contribution in [2.75, 3.05) is 0 Å². The van der Waals surface area contributed by atoms with Crippen LogP contribution in [0, 0.1) is 0 Å². The van der Waals surface area contributed by atoms with Crippen LogP contribution >= 0.6 is 0 Å². The maximum absolute atomic E-state index is 2.20. The number of rotatable bonds is 2. The monoisotopic (exact) mass is 183 g/mol. The standard InChI is InChI=1S/C12H11Si/c1-3-7-11(8-4-1)13-12-9-5-2-6-10-12/h1-10,13H. The highest BCUT2D eigenvalue weighted by molar-refractivity contribution is 6.67. The molecule has 2 rings (SSSR count). The molecule has 0 aliphatic carbocycles. The summed E-state index contributed by atoms with van der Waals surface area (Å²) in [4.78, 5) is 0. The van der Waals surface area contributed by atoms with Crippen LogP contribution in [0.2, 0.25) is 0 Å². The van der Waals surface area contributed by atoms with E-state index in [1.54, 1.807) is 0 Å². The van der Waals surface area contributed by atoms with E-state index in [-0.39, 0.29) is 9.52 Å². The Morgan fingerprint density at radius 1 is 0.538 bits per heavy atom. The van der Waals surface area contributed by atoms with Gasteiger partial charge in [0.15, 0.2) is 0 Å². The average molecular weight is 183 g/mol. The first-order valence-electron chi connectivity index (χ1n) is 4.40. The van der Waals surface area contributed by atoms with Crippen molar-refractivity contribution >= 4 is 19.9 Å². The molecule has 0 aromatic heterocycles. The van der Waals surface area contributed by atoms with Crippen molar-refractivity contribution in [1.82, 2.24) is 0 Å². The third kappa shape index (κ3) is 2.29. The van der Waals surface area contributed by atoms with Crippen LogP contribution in [0.3, 0.4) is 0 Å². The number of hydrogen-bond acceptors (Lipinski definition) is 0. The molecule has 0 nitrogen and oxygen atoms in total. The van der Waals surface area contributed by atoms with Crippen molar-refractivity contribution in [3.05, 3.63) is 60.7 Å². The van der Waals surface area contributed by atoms with E-state index in [9.17, 15) is 0 Å². The molecule has 0 heterocycles. The maximum Gasteiger partial charge on any atom is 0.103 e. The first-order valence-corrected chi connectivity index (χ1v) is 5.55. The summed E-state index contributed by atoms with van der Waals surface area (Å²) in [5.41, 5.74) is 0. The lowest BCUT2D eigenvalue weighted by Gasteiger charge is -1.98. The maximum atomic E-state index is 2.20.